The van der Waals surface area contributed by atoms with E-state index in [1.807, 2.05) is 30.3 Å². The standard InChI is InChI=1S/C17H13NO3/c1-21-14-9-5-8-13(10-14)18-16(19)11-15(17(18)20)12-6-3-2-4-7-12/h2-11H,1H3. The topological polar surface area (TPSA) is 46.6 Å². The van der Waals surface area contributed by atoms with Gasteiger partial charge in [0.2, 0.25) is 0 Å². The van der Waals surface area contributed by atoms with Gasteiger partial charge in [-0.3, -0.25) is 9.59 Å². The monoisotopic (exact) mass is 279 g/mol. The summed E-state index contributed by atoms with van der Waals surface area (Å²) in [6, 6.07) is 16.0. The van der Waals surface area contributed by atoms with Crippen molar-refractivity contribution in [1.82, 2.24) is 0 Å². The number of carbonyl (C=O) groups excluding carboxylic acids is 2. The zero-order chi connectivity index (χ0) is 14.8. The number of imide groups is 1. The minimum absolute atomic E-state index is 0.320. The van der Waals surface area contributed by atoms with Crippen LogP contribution in [0, 0.1) is 0 Å². The average Bonchev–Trinajstić information content (AvgIpc) is 2.83. The van der Waals surface area contributed by atoms with Crippen LogP contribution in [0.3, 0.4) is 0 Å². The van der Waals surface area contributed by atoms with E-state index in [4.69, 9.17) is 4.74 Å². The fraction of sp³-hybridized carbons (Fsp3) is 0.0588. The smallest absolute Gasteiger partial charge is 0.266 e. The highest BCUT2D eigenvalue weighted by molar-refractivity contribution is 6.43. The Labute approximate surface area is 122 Å². The van der Waals surface area contributed by atoms with E-state index >= 15 is 0 Å². The number of amides is 2. The summed E-state index contributed by atoms with van der Waals surface area (Å²) in [5, 5.41) is 0. The number of methoxy groups -OCH3 is 1. The van der Waals surface area contributed by atoms with Crippen molar-refractivity contribution in [3.05, 3.63) is 66.2 Å². The predicted molar refractivity (Wildman–Crippen MR) is 79.9 cm³/mol. The van der Waals surface area contributed by atoms with E-state index in [1.165, 1.54) is 6.08 Å². The highest BCUT2D eigenvalue weighted by atomic mass is 16.5. The van der Waals surface area contributed by atoms with Gasteiger partial charge < -0.3 is 4.74 Å². The van der Waals surface area contributed by atoms with Gasteiger partial charge in [-0.05, 0) is 17.7 Å². The summed E-state index contributed by atoms with van der Waals surface area (Å²) in [4.78, 5) is 25.8. The Morgan fingerprint density at radius 2 is 1.71 bits per heavy atom. The van der Waals surface area contributed by atoms with Crippen molar-refractivity contribution in [2.45, 2.75) is 0 Å². The molecule has 3 rings (SSSR count). The van der Waals surface area contributed by atoms with Crippen molar-refractivity contribution in [2.75, 3.05) is 12.0 Å². The van der Waals surface area contributed by atoms with Gasteiger partial charge in [-0.25, -0.2) is 4.90 Å². The second kappa shape index (κ2) is 5.25. The van der Waals surface area contributed by atoms with Gasteiger partial charge in [-0.1, -0.05) is 36.4 Å². The van der Waals surface area contributed by atoms with Crippen LogP contribution in [0.2, 0.25) is 0 Å². The Morgan fingerprint density at radius 3 is 2.43 bits per heavy atom. The minimum atomic E-state index is -0.341. The molecule has 0 saturated carbocycles. The van der Waals surface area contributed by atoms with Crippen molar-refractivity contribution < 1.29 is 14.3 Å². The molecule has 4 nitrogen and oxygen atoms in total. The first-order valence-corrected chi connectivity index (χ1v) is 6.50. The molecular formula is C17H13NO3. The number of benzene rings is 2. The molecule has 2 amide bonds. The van der Waals surface area contributed by atoms with Crippen LogP contribution in [0.4, 0.5) is 5.69 Å². The summed E-state index contributed by atoms with van der Waals surface area (Å²) in [6.07, 6.45) is 1.37. The number of hydrogen-bond donors (Lipinski definition) is 0. The molecule has 0 aromatic heterocycles. The van der Waals surface area contributed by atoms with Crippen molar-refractivity contribution in [1.29, 1.82) is 0 Å². The first-order valence-electron chi connectivity index (χ1n) is 6.50. The Balaban J connectivity index is 1.97. The highest BCUT2D eigenvalue weighted by Crippen LogP contribution is 2.29. The second-order valence-corrected chi connectivity index (χ2v) is 4.60. The molecule has 0 unspecified atom stereocenters. The van der Waals surface area contributed by atoms with Gasteiger partial charge >= 0.3 is 0 Å². The quantitative estimate of drug-likeness (QED) is 0.811. The van der Waals surface area contributed by atoms with E-state index in [1.54, 1.807) is 31.4 Å². The van der Waals surface area contributed by atoms with Gasteiger partial charge in [-0.2, -0.15) is 0 Å². The third-order valence-electron chi connectivity index (χ3n) is 3.32. The van der Waals surface area contributed by atoms with E-state index < -0.39 is 0 Å². The van der Waals surface area contributed by atoms with Gasteiger partial charge in [0.1, 0.15) is 5.75 Å². The van der Waals surface area contributed by atoms with Crippen LogP contribution in [0.1, 0.15) is 5.56 Å². The molecule has 0 aliphatic carbocycles. The molecule has 0 bridgehead atoms. The van der Waals surface area contributed by atoms with Gasteiger partial charge in [-0.15, -0.1) is 0 Å². The molecule has 2 aromatic carbocycles. The molecule has 21 heavy (non-hydrogen) atoms. The SMILES string of the molecule is COc1cccc(N2C(=O)C=C(c3ccccc3)C2=O)c1. The Kier molecular flexibility index (Phi) is 3.28. The van der Waals surface area contributed by atoms with Crippen LogP contribution in [0.5, 0.6) is 5.75 Å². The lowest BCUT2D eigenvalue weighted by atomic mass is 10.1. The third kappa shape index (κ3) is 2.31. The minimum Gasteiger partial charge on any atom is -0.497 e. The molecule has 0 spiro atoms. The molecule has 2 aromatic rings. The molecule has 0 saturated heterocycles. The number of ether oxygens (including phenoxy) is 1. The van der Waals surface area contributed by atoms with E-state index in [-0.39, 0.29) is 11.8 Å². The number of carbonyl (C=O) groups is 2. The van der Waals surface area contributed by atoms with Crippen LogP contribution in [0.25, 0.3) is 5.57 Å². The summed E-state index contributed by atoms with van der Waals surface area (Å²) in [7, 11) is 1.54. The maximum atomic E-state index is 12.5. The van der Waals surface area contributed by atoms with Crippen LogP contribution < -0.4 is 9.64 Å². The molecule has 0 atom stereocenters. The molecule has 1 heterocycles. The Hall–Kier alpha value is -2.88. The number of nitrogens with zero attached hydrogens (tertiary/aromatic N) is 1. The van der Waals surface area contributed by atoms with Crippen LogP contribution in [-0.2, 0) is 9.59 Å². The van der Waals surface area contributed by atoms with Gasteiger partial charge in [0, 0.05) is 12.1 Å². The van der Waals surface area contributed by atoms with Crippen molar-refractivity contribution in [2.24, 2.45) is 0 Å². The van der Waals surface area contributed by atoms with Gasteiger partial charge in [0.05, 0.1) is 18.4 Å². The number of anilines is 1. The largest absolute Gasteiger partial charge is 0.497 e. The molecular weight excluding hydrogens is 266 g/mol. The predicted octanol–water partition coefficient (Wildman–Crippen LogP) is 2.65. The van der Waals surface area contributed by atoms with Gasteiger partial charge in [0.25, 0.3) is 11.8 Å². The molecule has 0 radical (unpaired) electrons. The summed E-state index contributed by atoms with van der Waals surface area (Å²) in [6.45, 7) is 0. The molecule has 104 valence electrons. The maximum absolute atomic E-state index is 12.5. The van der Waals surface area contributed by atoms with Crippen LogP contribution in [0.15, 0.2) is 60.7 Å². The summed E-state index contributed by atoms with van der Waals surface area (Å²) in [5.74, 6) is -0.0622. The highest BCUT2D eigenvalue weighted by Gasteiger charge is 2.33. The average molecular weight is 279 g/mol. The second-order valence-electron chi connectivity index (χ2n) is 4.60. The Morgan fingerprint density at radius 1 is 0.952 bits per heavy atom. The lowest BCUT2D eigenvalue weighted by Gasteiger charge is -2.15. The molecule has 0 N–H and O–H groups in total. The molecule has 1 aliphatic rings. The van der Waals surface area contributed by atoms with Crippen molar-refractivity contribution >= 4 is 23.1 Å². The molecule has 4 heteroatoms. The first kappa shape index (κ1) is 13.1. The fourth-order valence-electron chi connectivity index (χ4n) is 2.29. The van der Waals surface area contributed by atoms with Crippen LogP contribution in [-0.4, -0.2) is 18.9 Å². The maximum Gasteiger partial charge on any atom is 0.266 e. The van der Waals surface area contributed by atoms with E-state index in [9.17, 15) is 9.59 Å². The first-order chi connectivity index (χ1) is 10.2. The zero-order valence-corrected chi connectivity index (χ0v) is 11.4. The summed E-state index contributed by atoms with van der Waals surface area (Å²) >= 11 is 0. The number of hydrogen-bond acceptors (Lipinski definition) is 3. The Bertz CT molecular complexity index is 735. The normalized spacial score (nSPS) is 14.3. The van der Waals surface area contributed by atoms with E-state index in [0.717, 1.165) is 10.5 Å². The van der Waals surface area contributed by atoms with Crippen molar-refractivity contribution in [3.8, 4) is 5.75 Å². The van der Waals surface area contributed by atoms with Crippen molar-refractivity contribution in [3.63, 3.8) is 0 Å². The zero-order valence-electron chi connectivity index (χ0n) is 11.4. The molecule has 1 aliphatic heterocycles. The molecule has 0 fully saturated rings. The van der Waals surface area contributed by atoms with Gasteiger partial charge in [0.15, 0.2) is 0 Å². The summed E-state index contributed by atoms with van der Waals surface area (Å²) in [5.41, 5.74) is 1.65. The van der Waals surface area contributed by atoms with E-state index in [0.29, 0.717) is 17.0 Å². The lowest BCUT2D eigenvalue weighted by Crippen LogP contribution is -2.30. The van der Waals surface area contributed by atoms with E-state index in [2.05, 4.69) is 0 Å². The third-order valence-corrected chi connectivity index (χ3v) is 3.32. The number of rotatable bonds is 3. The van der Waals surface area contributed by atoms with Crippen LogP contribution >= 0.6 is 0 Å². The fourth-order valence-corrected chi connectivity index (χ4v) is 2.29. The lowest BCUT2D eigenvalue weighted by molar-refractivity contribution is -0.119. The summed E-state index contributed by atoms with van der Waals surface area (Å²) < 4.78 is 5.13.